The minimum absolute atomic E-state index is 0.0809. The van der Waals surface area contributed by atoms with E-state index in [9.17, 15) is 18.4 Å². The lowest BCUT2D eigenvalue weighted by Crippen LogP contribution is -2.44. The van der Waals surface area contributed by atoms with Crippen LogP contribution in [0.2, 0.25) is 0 Å². The van der Waals surface area contributed by atoms with Gasteiger partial charge >= 0.3 is 6.61 Å². The lowest BCUT2D eigenvalue weighted by Gasteiger charge is -2.15. The van der Waals surface area contributed by atoms with Gasteiger partial charge in [0, 0.05) is 5.56 Å². The number of nitrogens with zero attached hydrogens (tertiary/aromatic N) is 1. The average molecular weight is 466 g/mol. The topological polar surface area (TPSA) is 77.1 Å². The number of ether oxygens (including phenoxy) is 3. The molecule has 0 radical (unpaired) electrons. The maximum atomic E-state index is 12.7. The molecule has 7 nitrogen and oxygen atoms in total. The van der Waals surface area contributed by atoms with Crippen molar-refractivity contribution in [1.29, 1.82) is 0 Å². The summed E-state index contributed by atoms with van der Waals surface area (Å²) in [4.78, 5) is 25.4. The summed E-state index contributed by atoms with van der Waals surface area (Å²) < 4.78 is 39.6. The molecule has 0 bridgehead atoms. The Morgan fingerprint density at radius 3 is 2.45 bits per heavy atom. The number of carbonyl (C=O) groups excluding carboxylic acids is 2. The van der Waals surface area contributed by atoms with Crippen molar-refractivity contribution in [2.75, 3.05) is 14.2 Å². The van der Waals surface area contributed by atoms with E-state index < -0.39 is 18.4 Å². The number of amides is 2. The zero-order valence-corrected chi connectivity index (χ0v) is 17.9. The highest BCUT2D eigenvalue weighted by Gasteiger charge is 2.33. The molecule has 2 aromatic carbocycles. The van der Waals surface area contributed by atoms with Crippen molar-refractivity contribution >= 4 is 46.2 Å². The van der Waals surface area contributed by atoms with Gasteiger partial charge in [-0.05, 0) is 60.3 Å². The van der Waals surface area contributed by atoms with E-state index in [-0.39, 0.29) is 20.7 Å². The second-order valence-electron chi connectivity index (χ2n) is 5.98. The van der Waals surface area contributed by atoms with Crippen molar-refractivity contribution in [2.45, 2.75) is 6.61 Å². The number of alkyl halides is 2. The van der Waals surface area contributed by atoms with Gasteiger partial charge in [-0.2, -0.15) is 13.8 Å². The number of halogens is 2. The summed E-state index contributed by atoms with van der Waals surface area (Å²) in [6.07, 6.45) is 1.51. The fraction of sp³-hybridized carbons (Fsp3) is 0.150. The molecule has 0 spiro atoms. The number of nitrogens with one attached hydrogen (secondary N) is 1. The molecule has 2 amide bonds. The summed E-state index contributed by atoms with van der Waals surface area (Å²) in [5.74, 6) is -0.504. The molecule has 11 heteroatoms. The molecule has 2 aromatic rings. The summed E-state index contributed by atoms with van der Waals surface area (Å²) in [7, 11) is 2.82. The van der Waals surface area contributed by atoms with Crippen LogP contribution in [0.4, 0.5) is 8.78 Å². The molecular formula is C20H16F2N2O5S2. The minimum Gasteiger partial charge on any atom is -0.497 e. The van der Waals surface area contributed by atoms with Crippen molar-refractivity contribution in [3.63, 3.8) is 0 Å². The predicted octanol–water partition coefficient (Wildman–Crippen LogP) is 3.85. The molecular weight excluding hydrogens is 450 g/mol. The summed E-state index contributed by atoms with van der Waals surface area (Å²) >= 11 is 6.19. The van der Waals surface area contributed by atoms with E-state index in [4.69, 9.17) is 21.7 Å². The molecule has 0 aromatic heterocycles. The Bertz CT molecular complexity index is 1040. The van der Waals surface area contributed by atoms with Crippen molar-refractivity contribution in [1.82, 2.24) is 10.4 Å². The first-order chi connectivity index (χ1) is 14.8. The first kappa shape index (κ1) is 22.5. The van der Waals surface area contributed by atoms with E-state index in [1.165, 1.54) is 38.5 Å². The third kappa shape index (κ3) is 5.30. The molecule has 0 saturated carbocycles. The van der Waals surface area contributed by atoms with Gasteiger partial charge in [0.05, 0.1) is 19.1 Å². The van der Waals surface area contributed by atoms with Crippen LogP contribution in [0.1, 0.15) is 15.9 Å². The summed E-state index contributed by atoms with van der Waals surface area (Å²) in [6.45, 7) is -3.00. The van der Waals surface area contributed by atoms with E-state index in [2.05, 4.69) is 10.2 Å². The van der Waals surface area contributed by atoms with Crippen LogP contribution in [-0.2, 0) is 4.79 Å². The van der Waals surface area contributed by atoms with Gasteiger partial charge in [0.1, 0.15) is 5.75 Å². The molecule has 1 N–H and O–H groups in total. The van der Waals surface area contributed by atoms with E-state index in [0.717, 1.165) is 16.8 Å². The number of carbonyl (C=O) groups is 2. The Balaban J connectivity index is 1.76. The predicted molar refractivity (Wildman–Crippen MR) is 115 cm³/mol. The molecule has 1 fully saturated rings. The normalized spacial score (nSPS) is 14.9. The lowest BCUT2D eigenvalue weighted by molar-refractivity contribution is -0.123. The number of thioether (sulfide) groups is 1. The van der Waals surface area contributed by atoms with Crippen LogP contribution in [-0.4, -0.2) is 42.0 Å². The Hall–Kier alpha value is -3.18. The van der Waals surface area contributed by atoms with E-state index in [1.807, 2.05) is 0 Å². The number of rotatable bonds is 7. The van der Waals surface area contributed by atoms with Crippen LogP contribution in [0, 0.1) is 0 Å². The quantitative estimate of drug-likeness (QED) is 0.491. The number of hydrogen-bond donors (Lipinski definition) is 1. The van der Waals surface area contributed by atoms with Crippen molar-refractivity contribution < 1.29 is 32.6 Å². The van der Waals surface area contributed by atoms with E-state index in [0.29, 0.717) is 16.9 Å². The van der Waals surface area contributed by atoms with Gasteiger partial charge in [-0.1, -0.05) is 17.8 Å². The Kier molecular flexibility index (Phi) is 7.08. The zero-order chi connectivity index (χ0) is 22.5. The van der Waals surface area contributed by atoms with Gasteiger partial charge in [0.15, 0.2) is 15.8 Å². The van der Waals surface area contributed by atoms with Gasteiger partial charge in [-0.3, -0.25) is 15.0 Å². The standard InChI is InChI=1S/C20H16F2N2O5S2/c1-27-13-6-4-12(5-7-13)17(25)23-24-18(26)16(31-20(24)30)10-11-3-8-14(29-19(21)22)15(9-11)28-2/h3-10,19H,1-2H3,(H,23,25)/b16-10-. The molecule has 1 aliphatic heterocycles. The van der Waals surface area contributed by atoms with Crippen molar-refractivity contribution in [2.24, 2.45) is 0 Å². The average Bonchev–Trinajstić information content (AvgIpc) is 3.01. The van der Waals surface area contributed by atoms with Gasteiger partial charge in [0.25, 0.3) is 11.8 Å². The van der Waals surface area contributed by atoms with Crippen LogP contribution in [0.25, 0.3) is 6.08 Å². The summed E-state index contributed by atoms with van der Waals surface area (Å²) in [6, 6.07) is 10.6. The number of hydrazine groups is 1. The second-order valence-corrected chi connectivity index (χ2v) is 7.65. The lowest BCUT2D eigenvalue weighted by atomic mass is 10.2. The molecule has 1 heterocycles. The van der Waals surface area contributed by atoms with Crippen molar-refractivity contribution in [3.8, 4) is 17.2 Å². The zero-order valence-electron chi connectivity index (χ0n) is 16.3. The molecule has 1 aliphatic rings. The monoisotopic (exact) mass is 466 g/mol. The molecule has 0 atom stereocenters. The van der Waals surface area contributed by atoms with Crippen LogP contribution < -0.4 is 19.6 Å². The summed E-state index contributed by atoms with van der Waals surface area (Å²) in [5, 5.41) is 0.976. The molecule has 0 aliphatic carbocycles. The highest BCUT2D eigenvalue weighted by Crippen LogP contribution is 2.34. The molecule has 3 rings (SSSR count). The fourth-order valence-electron chi connectivity index (χ4n) is 2.59. The molecule has 1 saturated heterocycles. The van der Waals surface area contributed by atoms with Gasteiger partial charge in [0.2, 0.25) is 0 Å². The Morgan fingerprint density at radius 2 is 1.84 bits per heavy atom. The maximum absolute atomic E-state index is 12.7. The third-order valence-electron chi connectivity index (χ3n) is 4.06. The molecule has 31 heavy (non-hydrogen) atoms. The van der Waals surface area contributed by atoms with Gasteiger partial charge in [-0.25, -0.2) is 0 Å². The van der Waals surface area contributed by atoms with Crippen LogP contribution in [0.3, 0.4) is 0 Å². The van der Waals surface area contributed by atoms with E-state index >= 15 is 0 Å². The number of hydrogen-bond acceptors (Lipinski definition) is 7. The van der Waals surface area contributed by atoms with Gasteiger partial charge < -0.3 is 14.2 Å². The third-order valence-corrected chi connectivity index (χ3v) is 5.36. The largest absolute Gasteiger partial charge is 0.497 e. The maximum Gasteiger partial charge on any atom is 0.387 e. The minimum atomic E-state index is -3.00. The van der Waals surface area contributed by atoms with Crippen LogP contribution in [0.5, 0.6) is 17.2 Å². The number of benzene rings is 2. The second kappa shape index (κ2) is 9.75. The van der Waals surface area contributed by atoms with Crippen LogP contribution in [0.15, 0.2) is 47.4 Å². The van der Waals surface area contributed by atoms with Gasteiger partial charge in [-0.15, -0.1) is 0 Å². The number of methoxy groups -OCH3 is 2. The Morgan fingerprint density at radius 1 is 1.13 bits per heavy atom. The highest BCUT2D eigenvalue weighted by molar-refractivity contribution is 8.26. The smallest absolute Gasteiger partial charge is 0.387 e. The SMILES string of the molecule is COc1ccc(C(=O)NN2C(=O)/C(=C/c3ccc(OC(F)F)c(OC)c3)SC2=S)cc1. The summed E-state index contributed by atoms with van der Waals surface area (Å²) in [5.41, 5.74) is 3.29. The molecule has 0 unspecified atom stereocenters. The highest BCUT2D eigenvalue weighted by atomic mass is 32.2. The van der Waals surface area contributed by atoms with Crippen molar-refractivity contribution in [3.05, 3.63) is 58.5 Å². The van der Waals surface area contributed by atoms with E-state index in [1.54, 1.807) is 24.3 Å². The first-order valence-electron chi connectivity index (χ1n) is 8.68. The Labute approximate surface area is 185 Å². The van der Waals surface area contributed by atoms with Crippen LogP contribution >= 0.6 is 24.0 Å². The number of thiocarbonyl (C=S) groups is 1. The molecule has 162 valence electrons. The first-order valence-corrected chi connectivity index (χ1v) is 9.90. The fourth-order valence-corrected chi connectivity index (χ4v) is 3.77.